The molecule has 1 aromatic heterocycles. The van der Waals surface area contributed by atoms with E-state index in [1.807, 2.05) is 6.92 Å². The van der Waals surface area contributed by atoms with Gasteiger partial charge in [-0.1, -0.05) is 25.1 Å². The SMILES string of the molecule is CCCOc1nc(N)nc(-c2ccccc2C(F)(F)F)n1. The van der Waals surface area contributed by atoms with E-state index in [2.05, 4.69) is 15.0 Å². The first-order valence-electron chi connectivity index (χ1n) is 6.22. The molecule has 112 valence electrons. The number of nitrogens with two attached hydrogens (primary N) is 1. The molecule has 0 unspecified atom stereocenters. The first kappa shape index (κ1) is 15.0. The topological polar surface area (TPSA) is 73.9 Å². The predicted octanol–water partition coefficient (Wildman–Crippen LogP) is 2.93. The van der Waals surface area contributed by atoms with Gasteiger partial charge < -0.3 is 10.5 Å². The molecule has 0 amide bonds. The monoisotopic (exact) mass is 298 g/mol. The van der Waals surface area contributed by atoms with Crippen molar-refractivity contribution in [2.75, 3.05) is 12.3 Å². The second kappa shape index (κ2) is 5.94. The number of anilines is 1. The summed E-state index contributed by atoms with van der Waals surface area (Å²) < 4.78 is 44.2. The first-order chi connectivity index (χ1) is 9.91. The van der Waals surface area contributed by atoms with Crippen LogP contribution >= 0.6 is 0 Å². The number of hydrogen-bond acceptors (Lipinski definition) is 5. The Morgan fingerprint density at radius 1 is 1.14 bits per heavy atom. The molecule has 0 aliphatic heterocycles. The summed E-state index contributed by atoms with van der Waals surface area (Å²) in [6.07, 6.45) is -3.80. The smallest absolute Gasteiger partial charge is 0.417 e. The maximum Gasteiger partial charge on any atom is 0.417 e. The molecule has 5 nitrogen and oxygen atoms in total. The molecular weight excluding hydrogens is 285 g/mol. The van der Waals surface area contributed by atoms with Crippen LogP contribution in [0.25, 0.3) is 11.4 Å². The van der Waals surface area contributed by atoms with Crippen LogP contribution < -0.4 is 10.5 Å². The Kier molecular flexibility index (Phi) is 4.25. The Hall–Kier alpha value is -2.38. The van der Waals surface area contributed by atoms with Crippen LogP contribution in [-0.2, 0) is 6.18 Å². The van der Waals surface area contributed by atoms with Crippen molar-refractivity contribution in [1.29, 1.82) is 0 Å². The Labute approximate surface area is 119 Å². The second-order valence-corrected chi connectivity index (χ2v) is 4.19. The Morgan fingerprint density at radius 2 is 1.86 bits per heavy atom. The first-order valence-corrected chi connectivity index (χ1v) is 6.22. The minimum atomic E-state index is -4.51. The normalized spacial score (nSPS) is 11.4. The molecule has 0 atom stereocenters. The molecule has 2 N–H and O–H groups in total. The van der Waals surface area contributed by atoms with Crippen LogP contribution in [0.15, 0.2) is 24.3 Å². The van der Waals surface area contributed by atoms with Crippen LogP contribution in [0.1, 0.15) is 18.9 Å². The van der Waals surface area contributed by atoms with Crippen LogP contribution in [0, 0.1) is 0 Å². The van der Waals surface area contributed by atoms with Crippen molar-refractivity contribution < 1.29 is 17.9 Å². The summed E-state index contributed by atoms with van der Waals surface area (Å²) in [4.78, 5) is 11.4. The average molecular weight is 298 g/mol. The second-order valence-electron chi connectivity index (χ2n) is 4.19. The summed E-state index contributed by atoms with van der Waals surface area (Å²) in [5.41, 5.74) is 4.50. The number of alkyl halides is 3. The maximum absolute atomic E-state index is 13.0. The van der Waals surface area contributed by atoms with Gasteiger partial charge in [-0.25, -0.2) is 0 Å². The van der Waals surface area contributed by atoms with Gasteiger partial charge in [-0.05, 0) is 12.5 Å². The zero-order valence-electron chi connectivity index (χ0n) is 11.2. The van der Waals surface area contributed by atoms with E-state index in [9.17, 15) is 13.2 Å². The van der Waals surface area contributed by atoms with Gasteiger partial charge >= 0.3 is 12.2 Å². The van der Waals surface area contributed by atoms with Crippen molar-refractivity contribution in [2.24, 2.45) is 0 Å². The molecule has 0 saturated carbocycles. The number of rotatable bonds is 4. The third kappa shape index (κ3) is 3.59. The predicted molar refractivity (Wildman–Crippen MR) is 70.5 cm³/mol. The fraction of sp³-hybridized carbons (Fsp3) is 0.308. The lowest BCUT2D eigenvalue weighted by Gasteiger charge is -2.12. The van der Waals surface area contributed by atoms with Crippen molar-refractivity contribution >= 4 is 5.95 Å². The zero-order chi connectivity index (χ0) is 15.5. The standard InChI is InChI=1S/C13H13F3N4O/c1-2-7-21-12-19-10(18-11(17)20-12)8-5-3-4-6-9(8)13(14,15)16/h3-6H,2,7H2,1H3,(H2,17,18,19,20). The van der Waals surface area contributed by atoms with Gasteiger partial charge in [0.1, 0.15) is 0 Å². The van der Waals surface area contributed by atoms with Gasteiger partial charge in [0.2, 0.25) is 5.95 Å². The maximum atomic E-state index is 13.0. The number of halogens is 3. The third-order valence-corrected chi connectivity index (χ3v) is 2.54. The average Bonchev–Trinajstić information content (AvgIpc) is 2.43. The highest BCUT2D eigenvalue weighted by molar-refractivity contribution is 5.62. The van der Waals surface area contributed by atoms with Gasteiger partial charge in [0.25, 0.3) is 0 Å². The lowest BCUT2D eigenvalue weighted by atomic mass is 10.1. The van der Waals surface area contributed by atoms with Gasteiger partial charge in [0, 0.05) is 5.56 Å². The van der Waals surface area contributed by atoms with Crippen molar-refractivity contribution in [3.8, 4) is 17.4 Å². The van der Waals surface area contributed by atoms with Gasteiger partial charge in [0.05, 0.1) is 12.2 Å². The quantitative estimate of drug-likeness (QED) is 0.939. The van der Waals surface area contributed by atoms with E-state index >= 15 is 0 Å². The number of ether oxygens (including phenoxy) is 1. The molecule has 0 saturated heterocycles. The summed E-state index contributed by atoms with van der Waals surface area (Å²) in [6.45, 7) is 2.22. The molecule has 0 aliphatic rings. The minimum absolute atomic E-state index is 0.0867. The van der Waals surface area contributed by atoms with Gasteiger partial charge in [-0.15, -0.1) is 0 Å². The molecule has 0 fully saturated rings. The summed E-state index contributed by atoms with van der Waals surface area (Å²) >= 11 is 0. The molecule has 21 heavy (non-hydrogen) atoms. The third-order valence-electron chi connectivity index (χ3n) is 2.54. The summed E-state index contributed by atoms with van der Waals surface area (Å²) in [7, 11) is 0. The Balaban J connectivity index is 2.49. The molecule has 0 spiro atoms. The largest absolute Gasteiger partial charge is 0.463 e. The zero-order valence-corrected chi connectivity index (χ0v) is 11.2. The van der Waals surface area contributed by atoms with Crippen LogP contribution in [-0.4, -0.2) is 21.6 Å². The molecule has 0 aliphatic carbocycles. The number of nitrogen functional groups attached to an aromatic ring is 1. The van der Waals surface area contributed by atoms with Gasteiger partial charge in [-0.2, -0.15) is 28.1 Å². The van der Waals surface area contributed by atoms with Crippen molar-refractivity contribution in [3.63, 3.8) is 0 Å². The van der Waals surface area contributed by atoms with Crippen LogP contribution in [0.3, 0.4) is 0 Å². The molecule has 1 heterocycles. The molecule has 0 radical (unpaired) electrons. The summed E-state index contributed by atoms with van der Waals surface area (Å²) in [5, 5.41) is 0. The number of nitrogens with zero attached hydrogens (tertiary/aromatic N) is 3. The summed E-state index contributed by atoms with van der Waals surface area (Å²) in [5.74, 6) is -0.357. The van der Waals surface area contributed by atoms with Crippen LogP contribution in [0.2, 0.25) is 0 Å². The van der Waals surface area contributed by atoms with Gasteiger partial charge in [-0.3, -0.25) is 0 Å². The minimum Gasteiger partial charge on any atom is -0.463 e. The molecule has 2 rings (SSSR count). The van der Waals surface area contributed by atoms with Crippen molar-refractivity contribution in [2.45, 2.75) is 19.5 Å². The number of hydrogen-bond donors (Lipinski definition) is 1. The van der Waals surface area contributed by atoms with Crippen molar-refractivity contribution in [3.05, 3.63) is 29.8 Å². The molecular formula is C13H13F3N4O. The highest BCUT2D eigenvalue weighted by Crippen LogP contribution is 2.36. The van der Waals surface area contributed by atoms with E-state index < -0.39 is 11.7 Å². The van der Waals surface area contributed by atoms with E-state index in [-0.39, 0.29) is 23.3 Å². The molecule has 8 heteroatoms. The van der Waals surface area contributed by atoms with Crippen LogP contribution in [0.4, 0.5) is 19.1 Å². The molecule has 0 bridgehead atoms. The number of aromatic nitrogens is 3. The van der Waals surface area contributed by atoms with E-state index in [1.54, 1.807) is 0 Å². The van der Waals surface area contributed by atoms with E-state index in [0.717, 1.165) is 6.07 Å². The fourth-order valence-corrected chi connectivity index (χ4v) is 1.68. The van der Waals surface area contributed by atoms with E-state index in [4.69, 9.17) is 10.5 Å². The van der Waals surface area contributed by atoms with E-state index in [0.29, 0.717) is 13.0 Å². The van der Waals surface area contributed by atoms with Gasteiger partial charge in [0.15, 0.2) is 5.82 Å². The lowest BCUT2D eigenvalue weighted by Crippen LogP contribution is -2.10. The van der Waals surface area contributed by atoms with Crippen molar-refractivity contribution in [1.82, 2.24) is 15.0 Å². The van der Waals surface area contributed by atoms with E-state index in [1.165, 1.54) is 18.2 Å². The lowest BCUT2D eigenvalue weighted by molar-refractivity contribution is -0.137. The molecule has 2 aromatic rings. The molecule has 1 aromatic carbocycles. The highest BCUT2D eigenvalue weighted by Gasteiger charge is 2.34. The number of benzene rings is 1. The highest BCUT2D eigenvalue weighted by atomic mass is 19.4. The Bertz CT molecular complexity index is 631. The summed E-state index contributed by atoms with van der Waals surface area (Å²) in [6, 6.07) is 4.92. The Morgan fingerprint density at radius 3 is 2.52 bits per heavy atom. The van der Waals surface area contributed by atoms with Crippen LogP contribution in [0.5, 0.6) is 6.01 Å². The fourth-order valence-electron chi connectivity index (χ4n) is 1.68.